The average Bonchev–Trinajstić information content (AvgIpc) is 0.811. The van der Waals surface area contributed by atoms with Crippen molar-refractivity contribution in [3.05, 3.63) is 15.3 Å². The molecule has 0 heterocycles. The van der Waals surface area contributed by atoms with Crippen molar-refractivity contribution in [1.29, 1.82) is 0 Å². The number of hydrogen-bond acceptors (Lipinski definition) is 3. The molecule has 6 heavy (non-hydrogen) atoms. The first kappa shape index (κ1) is 16.9. The maximum absolute atomic E-state index is 8.25. The Balaban J connectivity index is -0.0000000450. The van der Waals surface area contributed by atoms with Crippen LogP contribution in [0.25, 0.3) is 0 Å². The Morgan fingerprint density at radius 3 is 1.33 bits per heavy atom. The van der Waals surface area contributed by atoms with Gasteiger partial charge in [-0.1, -0.05) is 0 Å². The van der Waals surface area contributed by atoms with E-state index in [1.54, 1.807) is 0 Å². The Kier molecular flexibility index (Phi) is 24.9. The quantitative estimate of drug-likeness (QED) is 0.251. The van der Waals surface area contributed by atoms with E-state index in [0.717, 1.165) is 0 Å². The van der Waals surface area contributed by atoms with Crippen molar-refractivity contribution in [2.75, 3.05) is 0 Å². The minimum atomic E-state index is -1.75. The summed E-state index contributed by atoms with van der Waals surface area (Å²) in [4.78, 5) is 8.25. The SMILES string of the molecule is O=[N+]([O-])[O-].[O-2].[Ti+3]. The van der Waals surface area contributed by atoms with Gasteiger partial charge in [-0.3, -0.25) is 0 Å². The molecule has 6 heteroatoms. The van der Waals surface area contributed by atoms with E-state index in [-0.39, 0.29) is 27.2 Å². The molecule has 0 aliphatic heterocycles. The summed E-state index contributed by atoms with van der Waals surface area (Å²) >= 11 is 0. The van der Waals surface area contributed by atoms with Crippen molar-refractivity contribution in [1.82, 2.24) is 0 Å². The van der Waals surface area contributed by atoms with Crippen molar-refractivity contribution >= 4 is 0 Å². The Morgan fingerprint density at radius 1 is 1.33 bits per heavy atom. The van der Waals surface area contributed by atoms with E-state index in [2.05, 4.69) is 0 Å². The van der Waals surface area contributed by atoms with Gasteiger partial charge in [0.1, 0.15) is 0 Å². The fourth-order valence-electron chi connectivity index (χ4n) is 0. The van der Waals surface area contributed by atoms with Crippen LogP contribution in [0.3, 0.4) is 0 Å². The summed E-state index contributed by atoms with van der Waals surface area (Å²) in [6.45, 7) is 0. The molecule has 0 rings (SSSR count). The summed E-state index contributed by atoms with van der Waals surface area (Å²) in [6, 6.07) is 0. The van der Waals surface area contributed by atoms with Gasteiger partial charge in [0.25, 0.3) is 0 Å². The summed E-state index contributed by atoms with van der Waals surface area (Å²) in [7, 11) is 0. The first-order valence-corrected chi connectivity index (χ1v) is 0.548. The summed E-state index contributed by atoms with van der Waals surface area (Å²) in [6.07, 6.45) is 0. The molecule has 5 nitrogen and oxygen atoms in total. The summed E-state index contributed by atoms with van der Waals surface area (Å²) in [5.74, 6) is 0. The zero-order valence-electron chi connectivity index (χ0n) is 2.58. The second kappa shape index (κ2) is 8.86. The van der Waals surface area contributed by atoms with Crippen LogP contribution < -0.4 is 0 Å². The first-order valence-electron chi connectivity index (χ1n) is 0.548. The largest absolute Gasteiger partial charge is 3.00 e. The van der Waals surface area contributed by atoms with Gasteiger partial charge in [0.05, 0.1) is 5.09 Å². The van der Waals surface area contributed by atoms with Crippen LogP contribution in [-0.4, -0.2) is 5.09 Å². The van der Waals surface area contributed by atoms with Crippen molar-refractivity contribution in [2.24, 2.45) is 0 Å². The number of nitrogens with zero attached hydrogens (tertiary/aromatic N) is 1. The maximum Gasteiger partial charge on any atom is 3.00 e. The van der Waals surface area contributed by atoms with E-state index >= 15 is 0 Å². The van der Waals surface area contributed by atoms with Gasteiger partial charge in [-0.2, -0.15) is 0 Å². The zero-order valence-corrected chi connectivity index (χ0v) is 4.14. The van der Waals surface area contributed by atoms with E-state index in [9.17, 15) is 0 Å². The zero-order chi connectivity index (χ0) is 3.58. The molecule has 1 radical (unpaired) electrons. The van der Waals surface area contributed by atoms with Crippen molar-refractivity contribution in [2.45, 2.75) is 0 Å². The number of rotatable bonds is 0. The molecule has 0 aliphatic rings. The molecular formula is NO4Ti. The minimum absolute atomic E-state index is 0. The van der Waals surface area contributed by atoms with Crippen molar-refractivity contribution in [3.8, 4) is 0 Å². The second-order valence-corrected chi connectivity index (χ2v) is 0.224. The predicted molar refractivity (Wildman–Crippen MR) is 11.0 cm³/mol. The van der Waals surface area contributed by atoms with Gasteiger partial charge < -0.3 is 20.8 Å². The Hall–Kier alpha value is -0.126. The average molecular weight is 126 g/mol. The van der Waals surface area contributed by atoms with Crippen LogP contribution >= 0.6 is 0 Å². The standard InChI is InChI=1S/NO3.O.Ti/c2-1(3)4;;/q-1;-2;+3. The minimum Gasteiger partial charge on any atom is -2.00 e. The summed E-state index contributed by atoms with van der Waals surface area (Å²) in [5, 5.41) is 14.8. The molecule has 0 atom stereocenters. The molecule has 0 N–H and O–H groups in total. The molecule has 0 aromatic carbocycles. The molecule has 0 unspecified atom stereocenters. The molecule has 0 spiro atoms. The van der Waals surface area contributed by atoms with Crippen LogP contribution in [0.15, 0.2) is 0 Å². The van der Waals surface area contributed by atoms with Crippen molar-refractivity contribution < 1.29 is 32.3 Å². The van der Waals surface area contributed by atoms with E-state index in [1.807, 2.05) is 0 Å². The molecule has 0 saturated heterocycles. The van der Waals surface area contributed by atoms with Crippen LogP contribution in [0.2, 0.25) is 0 Å². The van der Waals surface area contributed by atoms with Gasteiger partial charge >= 0.3 is 21.7 Å². The summed E-state index contributed by atoms with van der Waals surface area (Å²) in [5.41, 5.74) is 0. The molecule has 0 amide bonds. The van der Waals surface area contributed by atoms with E-state index in [4.69, 9.17) is 15.3 Å². The fourth-order valence-corrected chi connectivity index (χ4v) is 0. The van der Waals surface area contributed by atoms with Gasteiger partial charge in [-0.15, -0.1) is 0 Å². The molecule has 0 aromatic rings. The third-order valence-corrected chi connectivity index (χ3v) is 0. The third-order valence-electron chi connectivity index (χ3n) is 0. The van der Waals surface area contributed by atoms with Gasteiger partial charge in [0, 0.05) is 0 Å². The predicted octanol–water partition coefficient (Wildman–Crippen LogP) is -0.360. The van der Waals surface area contributed by atoms with Gasteiger partial charge in [0.15, 0.2) is 0 Å². The van der Waals surface area contributed by atoms with E-state index in [0.29, 0.717) is 0 Å². The molecule has 0 aliphatic carbocycles. The van der Waals surface area contributed by atoms with Gasteiger partial charge in [-0.05, 0) is 0 Å². The van der Waals surface area contributed by atoms with Gasteiger partial charge in [0.2, 0.25) is 0 Å². The van der Waals surface area contributed by atoms with Crippen LogP contribution in [0.5, 0.6) is 0 Å². The van der Waals surface area contributed by atoms with Gasteiger partial charge in [-0.25, -0.2) is 0 Å². The van der Waals surface area contributed by atoms with Crippen molar-refractivity contribution in [3.63, 3.8) is 0 Å². The van der Waals surface area contributed by atoms with Crippen LogP contribution in [0.4, 0.5) is 0 Å². The number of hydrogen-bond donors (Lipinski definition) is 0. The van der Waals surface area contributed by atoms with Crippen LogP contribution in [-0.2, 0) is 27.2 Å². The molecule has 33 valence electrons. The third kappa shape index (κ3) is 2030. The van der Waals surface area contributed by atoms with Crippen LogP contribution in [0.1, 0.15) is 0 Å². The topological polar surface area (TPSA) is 94.7 Å². The van der Waals surface area contributed by atoms with E-state index < -0.39 is 5.09 Å². The van der Waals surface area contributed by atoms with E-state index in [1.165, 1.54) is 0 Å². The summed E-state index contributed by atoms with van der Waals surface area (Å²) < 4.78 is 0. The molecule has 0 saturated carbocycles. The fraction of sp³-hybridized carbons (Fsp3) is 0. The Morgan fingerprint density at radius 2 is 1.33 bits per heavy atom. The molecule has 0 fully saturated rings. The monoisotopic (exact) mass is 126 g/mol. The molecule has 0 aromatic heterocycles. The normalized spacial score (nSPS) is 4.00. The Labute approximate surface area is 48.3 Å². The smallest absolute Gasteiger partial charge is 2.00 e. The first-order chi connectivity index (χ1) is 1.73. The molecule has 0 bridgehead atoms. The van der Waals surface area contributed by atoms with Crippen LogP contribution in [0, 0.1) is 15.3 Å². The second-order valence-electron chi connectivity index (χ2n) is 0.224. The molecular weight excluding hydrogens is 126 g/mol. The maximum atomic E-state index is 8.25. The Bertz CT molecular complexity index is 30.5.